The van der Waals surface area contributed by atoms with Gasteiger partial charge in [-0.3, -0.25) is 4.79 Å². The number of hydrogen-bond acceptors (Lipinski definition) is 5. The first-order valence-corrected chi connectivity index (χ1v) is 6.74. The van der Waals surface area contributed by atoms with Crippen molar-refractivity contribution in [3.63, 3.8) is 0 Å². The van der Waals surface area contributed by atoms with Gasteiger partial charge in [-0.05, 0) is 33.1 Å². The summed E-state index contributed by atoms with van der Waals surface area (Å²) in [5.74, 6) is 0.0352. The Kier molecular flexibility index (Phi) is 1.77. The van der Waals surface area contributed by atoms with Crippen LogP contribution in [0.15, 0.2) is 11.3 Å². The lowest BCUT2D eigenvalue weighted by atomic mass is 9.61. The molecule has 3 atom stereocenters. The minimum Gasteiger partial charge on any atom is -0.486 e. The molecule has 0 aromatic carbocycles. The molecule has 0 N–H and O–H groups in total. The van der Waals surface area contributed by atoms with Gasteiger partial charge in [0.05, 0.1) is 17.4 Å². The molecule has 0 aromatic rings. The Labute approximate surface area is 110 Å². The average Bonchev–Trinajstić information content (AvgIpc) is 2.88. The van der Waals surface area contributed by atoms with Gasteiger partial charge in [-0.2, -0.15) is 0 Å². The molecule has 0 amide bonds. The predicted octanol–water partition coefficient (Wildman–Crippen LogP) is 1.46. The minimum atomic E-state index is -0.724. The SMILES string of the molecule is CC1=C2C(=O)OC[C@@]2(C)[C@]23CCC[C@]2(CC(=O)O3)O1. The Balaban J connectivity index is 2.00. The van der Waals surface area contributed by atoms with E-state index in [1.807, 2.05) is 6.92 Å². The number of hydrogen-bond donors (Lipinski definition) is 0. The van der Waals surface area contributed by atoms with Crippen molar-refractivity contribution in [1.29, 1.82) is 0 Å². The van der Waals surface area contributed by atoms with Crippen molar-refractivity contribution in [1.82, 2.24) is 0 Å². The van der Waals surface area contributed by atoms with E-state index in [1.54, 1.807) is 6.92 Å². The molecule has 5 nitrogen and oxygen atoms in total. The molecule has 0 spiro atoms. The van der Waals surface area contributed by atoms with Crippen molar-refractivity contribution in [3.8, 4) is 0 Å². The van der Waals surface area contributed by atoms with Gasteiger partial charge in [0.25, 0.3) is 0 Å². The summed E-state index contributed by atoms with van der Waals surface area (Å²) in [4.78, 5) is 23.9. The first-order valence-electron chi connectivity index (χ1n) is 6.74. The molecule has 102 valence electrons. The van der Waals surface area contributed by atoms with E-state index in [-0.39, 0.29) is 25.0 Å². The normalized spacial score (nSPS) is 47.3. The number of carbonyl (C=O) groups excluding carboxylic acids is 2. The summed E-state index contributed by atoms with van der Waals surface area (Å²) in [6.07, 6.45) is 2.76. The Bertz CT molecular complexity index is 550. The summed E-state index contributed by atoms with van der Waals surface area (Å²) in [6, 6.07) is 0. The zero-order chi connectivity index (χ0) is 13.5. The van der Waals surface area contributed by atoms with Crippen LogP contribution in [-0.2, 0) is 23.8 Å². The van der Waals surface area contributed by atoms with Crippen LogP contribution in [0.2, 0.25) is 0 Å². The van der Waals surface area contributed by atoms with Gasteiger partial charge < -0.3 is 14.2 Å². The molecular formula is C14H16O5. The summed E-state index contributed by atoms with van der Waals surface area (Å²) < 4.78 is 17.1. The second kappa shape index (κ2) is 2.97. The van der Waals surface area contributed by atoms with Gasteiger partial charge in [0.2, 0.25) is 0 Å². The Morgan fingerprint density at radius 3 is 2.74 bits per heavy atom. The van der Waals surface area contributed by atoms with Crippen molar-refractivity contribution in [3.05, 3.63) is 11.3 Å². The van der Waals surface area contributed by atoms with Crippen LogP contribution in [0.1, 0.15) is 39.5 Å². The zero-order valence-electron chi connectivity index (χ0n) is 11.1. The largest absolute Gasteiger partial charge is 0.486 e. The van der Waals surface area contributed by atoms with Crippen molar-refractivity contribution in [2.75, 3.05) is 6.61 Å². The van der Waals surface area contributed by atoms with E-state index in [1.165, 1.54) is 0 Å². The summed E-state index contributed by atoms with van der Waals surface area (Å²) in [7, 11) is 0. The number of ether oxygens (including phenoxy) is 3. The molecule has 0 aromatic heterocycles. The molecule has 5 heteroatoms. The summed E-state index contributed by atoms with van der Waals surface area (Å²) in [5.41, 5.74) is -1.34. The first-order chi connectivity index (χ1) is 8.94. The maximum absolute atomic E-state index is 12.0. The fraction of sp³-hybridized carbons (Fsp3) is 0.714. The number of fused-ring (bicyclic) bond motifs is 1. The van der Waals surface area contributed by atoms with Crippen molar-refractivity contribution in [2.45, 2.75) is 50.7 Å². The zero-order valence-corrected chi connectivity index (χ0v) is 11.1. The van der Waals surface area contributed by atoms with Crippen molar-refractivity contribution in [2.24, 2.45) is 5.41 Å². The molecule has 19 heavy (non-hydrogen) atoms. The van der Waals surface area contributed by atoms with Crippen LogP contribution in [0.25, 0.3) is 0 Å². The highest BCUT2D eigenvalue weighted by Gasteiger charge is 2.77. The van der Waals surface area contributed by atoms with E-state index in [4.69, 9.17) is 14.2 Å². The topological polar surface area (TPSA) is 61.8 Å². The van der Waals surface area contributed by atoms with Crippen molar-refractivity contribution < 1.29 is 23.8 Å². The number of esters is 2. The van der Waals surface area contributed by atoms with Crippen LogP contribution in [0.3, 0.4) is 0 Å². The predicted molar refractivity (Wildman–Crippen MR) is 62.9 cm³/mol. The van der Waals surface area contributed by atoms with Gasteiger partial charge in [0.15, 0.2) is 11.2 Å². The molecule has 0 unspecified atom stereocenters. The minimum absolute atomic E-state index is 0.227. The van der Waals surface area contributed by atoms with Gasteiger partial charge in [-0.25, -0.2) is 4.79 Å². The molecule has 4 aliphatic rings. The number of carbonyl (C=O) groups is 2. The smallest absolute Gasteiger partial charge is 0.338 e. The van der Waals surface area contributed by atoms with Gasteiger partial charge in [0, 0.05) is 0 Å². The van der Waals surface area contributed by atoms with E-state index in [9.17, 15) is 9.59 Å². The average molecular weight is 264 g/mol. The van der Waals surface area contributed by atoms with Gasteiger partial charge in [-0.1, -0.05) is 0 Å². The first kappa shape index (κ1) is 11.3. The van der Waals surface area contributed by atoms with E-state index >= 15 is 0 Å². The monoisotopic (exact) mass is 264 g/mol. The van der Waals surface area contributed by atoms with Crippen LogP contribution in [0, 0.1) is 5.41 Å². The van der Waals surface area contributed by atoms with E-state index in [0.29, 0.717) is 11.3 Å². The Morgan fingerprint density at radius 1 is 1.16 bits per heavy atom. The van der Waals surface area contributed by atoms with Crippen LogP contribution >= 0.6 is 0 Å². The van der Waals surface area contributed by atoms with Crippen LogP contribution in [0.4, 0.5) is 0 Å². The maximum atomic E-state index is 12.0. The van der Waals surface area contributed by atoms with E-state index in [2.05, 4.69) is 0 Å². The molecule has 1 saturated carbocycles. The third-order valence-electron chi connectivity index (χ3n) is 5.40. The van der Waals surface area contributed by atoms with Crippen LogP contribution in [-0.4, -0.2) is 29.7 Å². The van der Waals surface area contributed by atoms with E-state index in [0.717, 1.165) is 19.3 Å². The molecule has 0 bridgehead atoms. The third-order valence-corrected chi connectivity index (χ3v) is 5.40. The molecule has 3 fully saturated rings. The lowest BCUT2D eigenvalue weighted by molar-refractivity contribution is -0.191. The summed E-state index contributed by atoms with van der Waals surface area (Å²) in [6.45, 7) is 4.04. The summed E-state index contributed by atoms with van der Waals surface area (Å²) >= 11 is 0. The molecule has 4 rings (SSSR count). The maximum Gasteiger partial charge on any atom is 0.338 e. The standard InChI is InChI=1S/C14H16O5/c1-8-10-11(16)17-7-12(10,2)14-5-3-4-13(14,18-8)6-9(15)19-14/h3-7H2,1-2H3/t12-,13-,14-/m1/s1. The lowest BCUT2D eigenvalue weighted by Gasteiger charge is -2.50. The summed E-state index contributed by atoms with van der Waals surface area (Å²) in [5, 5.41) is 0. The molecular weight excluding hydrogens is 248 g/mol. The lowest BCUT2D eigenvalue weighted by Crippen LogP contribution is -2.62. The molecule has 3 aliphatic heterocycles. The van der Waals surface area contributed by atoms with Gasteiger partial charge >= 0.3 is 11.9 Å². The number of cyclic esters (lactones) is 1. The second-order valence-corrected chi connectivity index (χ2v) is 6.27. The Morgan fingerprint density at radius 2 is 1.95 bits per heavy atom. The Hall–Kier alpha value is -1.52. The quantitative estimate of drug-likeness (QED) is 0.620. The van der Waals surface area contributed by atoms with Gasteiger partial charge in [-0.15, -0.1) is 0 Å². The van der Waals surface area contributed by atoms with E-state index < -0.39 is 16.6 Å². The fourth-order valence-corrected chi connectivity index (χ4v) is 4.73. The fourth-order valence-electron chi connectivity index (χ4n) is 4.73. The molecule has 3 heterocycles. The van der Waals surface area contributed by atoms with Gasteiger partial charge in [0.1, 0.15) is 12.4 Å². The number of rotatable bonds is 0. The van der Waals surface area contributed by atoms with Crippen molar-refractivity contribution >= 4 is 11.9 Å². The van der Waals surface area contributed by atoms with Crippen LogP contribution < -0.4 is 0 Å². The highest BCUT2D eigenvalue weighted by atomic mass is 16.6. The molecule has 0 radical (unpaired) electrons. The molecule has 1 aliphatic carbocycles. The van der Waals surface area contributed by atoms with Crippen LogP contribution in [0.5, 0.6) is 0 Å². The number of allylic oxidation sites excluding steroid dienone is 1. The highest BCUT2D eigenvalue weighted by molar-refractivity contribution is 5.94. The molecule has 2 saturated heterocycles. The third kappa shape index (κ3) is 0.977. The highest BCUT2D eigenvalue weighted by Crippen LogP contribution is 2.66. The second-order valence-electron chi connectivity index (χ2n) is 6.27.